The van der Waals surface area contributed by atoms with Gasteiger partial charge in [0.1, 0.15) is 0 Å². The Kier molecular flexibility index (Phi) is 2.84. The van der Waals surface area contributed by atoms with E-state index in [1.165, 1.54) is 0 Å². The fourth-order valence-corrected chi connectivity index (χ4v) is 0.527. The molecular formula is C7H16NO2+. The highest BCUT2D eigenvalue weighted by Gasteiger charge is 2.20. The number of rotatable bonds is 3. The maximum absolute atomic E-state index is 10.2. The molecule has 3 nitrogen and oxygen atoms in total. The molecule has 0 spiro atoms. The smallest absolute Gasteiger partial charge is 0.309 e. The van der Waals surface area contributed by atoms with Gasteiger partial charge in [-0.05, 0) is 6.92 Å². The van der Waals surface area contributed by atoms with Crippen LogP contribution in [0.15, 0.2) is 0 Å². The lowest BCUT2D eigenvalue weighted by Crippen LogP contribution is -2.44. The lowest BCUT2D eigenvalue weighted by Gasteiger charge is -2.30. The number of carboxylic acids is 1. The predicted molar refractivity (Wildman–Crippen MR) is 39.7 cm³/mol. The van der Waals surface area contributed by atoms with E-state index in [2.05, 4.69) is 0 Å². The topological polar surface area (TPSA) is 37.3 Å². The number of hydrogen-bond donors (Lipinski definition) is 1. The molecule has 0 heterocycles. The van der Waals surface area contributed by atoms with Crippen LogP contribution in [0.3, 0.4) is 0 Å². The summed E-state index contributed by atoms with van der Waals surface area (Å²) in [6.45, 7) is 1.94. The fraction of sp³-hybridized carbons (Fsp3) is 0.857. The van der Waals surface area contributed by atoms with E-state index in [-0.39, 0.29) is 12.5 Å². The van der Waals surface area contributed by atoms with E-state index in [9.17, 15) is 4.79 Å². The molecule has 0 bridgehead atoms. The highest BCUT2D eigenvalue weighted by atomic mass is 16.4. The molecule has 0 fully saturated rings. The quantitative estimate of drug-likeness (QED) is 0.590. The van der Waals surface area contributed by atoms with Crippen molar-refractivity contribution in [1.82, 2.24) is 0 Å². The van der Waals surface area contributed by atoms with Crippen molar-refractivity contribution in [2.75, 3.05) is 21.1 Å². The second-order valence-electron chi connectivity index (χ2n) is 3.56. The van der Waals surface area contributed by atoms with Gasteiger partial charge in [0.05, 0.1) is 33.6 Å². The molecule has 0 aliphatic carbocycles. The lowest BCUT2D eigenvalue weighted by molar-refractivity contribution is -0.893. The number of hydrogen-bond acceptors (Lipinski definition) is 1. The van der Waals surface area contributed by atoms with Crippen molar-refractivity contribution in [2.24, 2.45) is 0 Å². The molecule has 0 radical (unpaired) electrons. The molecule has 1 unspecified atom stereocenters. The lowest BCUT2D eigenvalue weighted by atomic mass is 10.2. The zero-order valence-corrected chi connectivity index (χ0v) is 7.09. The third-order valence-corrected chi connectivity index (χ3v) is 1.79. The molecule has 0 saturated carbocycles. The summed E-state index contributed by atoms with van der Waals surface area (Å²) in [5.74, 6) is -0.722. The Morgan fingerprint density at radius 1 is 1.50 bits per heavy atom. The van der Waals surface area contributed by atoms with Crippen LogP contribution in [0.2, 0.25) is 0 Å². The Morgan fingerprint density at radius 2 is 1.90 bits per heavy atom. The van der Waals surface area contributed by atoms with Gasteiger partial charge in [0.25, 0.3) is 0 Å². The third-order valence-electron chi connectivity index (χ3n) is 1.79. The monoisotopic (exact) mass is 146 g/mol. The third kappa shape index (κ3) is 3.45. The van der Waals surface area contributed by atoms with Crippen LogP contribution in [0.5, 0.6) is 0 Å². The van der Waals surface area contributed by atoms with Crippen molar-refractivity contribution in [3.63, 3.8) is 0 Å². The molecule has 1 N–H and O–H groups in total. The van der Waals surface area contributed by atoms with Gasteiger partial charge in [-0.1, -0.05) is 0 Å². The molecule has 1 atom stereocenters. The molecule has 10 heavy (non-hydrogen) atoms. The zero-order valence-electron chi connectivity index (χ0n) is 7.09. The van der Waals surface area contributed by atoms with Gasteiger partial charge in [0.2, 0.25) is 0 Å². The van der Waals surface area contributed by atoms with E-state index < -0.39 is 5.97 Å². The Morgan fingerprint density at radius 3 is 2.00 bits per heavy atom. The van der Waals surface area contributed by atoms with Crippen LogP contribution in [0.25, 0.3) is 0 Å². The highest BCUT2D eigenvalue weighted by Crippen LogP contribution is 2.05. The van der Waals surface area contributed by atoms with Gasteiger partial charge in [-0.3, -0.25) is 4.79 Å². The molecule has 0 aromatic heterocycles. The molecular weight excluding hydrogens is 130 g/mol. The van der Waals surface area contributed by atoms with E-state index in [4.69, 9.17) is 5.11 Å². The average Bonchev–Trinajstić information content (AvgIpc) is 1.60. The zero-order chi connectivity index (χ0) is 8.36. The maximum atomic E-state index is 10.2. The van der Waals surface area contributed by atoms with E-state index >= 15 is 0 Å². The SMILES string of the molecule is CC(CC(=O)O)[N+](C)(C)C. The van der Waals surface area contributed by atoms with Crippen LogP contribution >= 0.6 is 0 Å². The van der Waals surface area contributed by atoms with E-state index in [1.807, 2.05) is 28.1 Å². The van der Waals surface area contributed by atoms with Crippen molar-refractivity contribution >= 4 is 5.97 Å². The molecule has 0 aliphatic rings. The Labute approximate surface area is 61.9 Å². The number of quaternary nitrogens is 1. The Hall–Kier alpha value is -0.570. The number of nitrogens with zero attached hydrogens (tertiary/aromatic N) is 1. The highest BCUT2D eigenvalue weighted by molar-refractivity contribution is 5.67. The summed E-state index contributed by atoms with van der Waals surface area (Å²) >= 11 is 0. The van der Waals surface area contributed by atoms with Crippen molar-refractivity contribution in [3.05, 3.63) is 0 Å². The van der Waals surface area contributed by atoms with E-state index in [1.54, 1.807) is 0 Å². The van der Waals surface area contributed by atoms with Gasteiger partial charge >= 0.3 is 5.97 Å². The van der Waals surface area contributed by atoms with Crippen LogP contribution in [0.4, 0.5) is 0 Å². The molecule has 0 aromatic carbocycles. The molecule has 0 amide bonds. The minimum absolute atomic E-state index is 0.178. The number of aliphatic carboxylic acids is 1. The summed E-state index contributed by atoms with van der Waals surface area (Å²) in [6.07, 6.45) is 0.240. The van der Waals surface area contributed by atoms with Crippen molar-refractivity contribution in [2.45, 2.75) is 19.4 Å². The first kappa shape index (κ1) is 9.43. The average molecular weight is 146 g/mol. The van der Waals surface area contributed by atoms with Gasteiger partial charge in [-0.15, -0.1) is 0 Å². The van der Waals surface area contributed by atoms with Crippen LogP contribution in [-0.4, -0.2) is 42.7 Å². The largest absolute Gasteiger partial charge is 0.481 e. The van der Waals surface area contributed by atoms with Crippen LogP contribution in [0.1, 0.15) is 13.3 Å². The first-order valence-electron chi connectivity index (χ1n) is 3.37. The summed E-state index contributed by atoms with van der Waals surface area (Å²) in [5.41, 5.74) is 0. The summed E-state index contributed by atoms with van der Waals surface area (Å²) < 4.78 is 0.701. The van der Waals surface area contributed by atoms with Crippen molar-refractivity contribution < 1.29 is 14.4 Å². The standard InChI is InChI=1S/C7H15NO2/c1-6(5-7(9)10)8(2,3)4/h6H,5H2,1-4H3/p+1. The van der Waals surface area contributed by atoms with Crippen LogP contribution in [-0.2, 0) is 4.79 Å². The molecule has 0 saturated heterocycles. The molecule has 3 heteroatoms. The second-order valence-corrected chi connectivity index (χ2v) is 3.56. The molecule has 0 aliphatic heterocycles. The fourth-order valence-electron chi connectivity index (χ4n) is 0.527. The van der Waals surface area contributed by atoms with E-state index in [0.717, 1.165) is 0 Å². The van der Waals surface area contributed by atoms with E-state index in [0.29, 0.717) is 4.48 Å². The van der Waals surface area contributed by atoms with Gasteiger partial charge in [-0.25, -0.2) is 0 Å². The Bertz CT molecular complexity index is 126. The molecule has 60 valence electrons. The molecule has 0 rings (SSSR count). The minimum atomic E-state index is -0.722. The Balaban J connectivity index is 3.85. The number of carbonyl (C=O) groups is 1. The summed E-state index contributed by atoms with van der Waals surface area (Å²) in [4.78, 5) is 10.2. The first-order chi connectivity index (χ1) is 4.34. The normalized spacial score (nSPS) is 14.8. The van der Waals surface area contributed by atoms with Crippen molar-refractivity contribution in [1.29, 1.82) is 0 Å². The van der Waals surface area contributed by atoms with Crippen LogP contribution in [0, 0.1) is 0 Å². The maximum Gasteiger partial charge on any atom is 0.309 e. The summed E-state index contributed by atoms with van der Waals surface area (Å²) in [5, 5.41) is 8.44. The molecule has 0 aromatic rings. The summed E-state index contributed by atoms with van der Waals surface area (Å²) in [6, 6.07) is 0.178. The second kappa shape index (κ2) is 3.01. The van der Waals surface area contributed by atoms with Gasteiger partial charge in [-0.2, -0.15) is 0 Å². The van der Waals surface area contributed by atoms with Gasteiger partial charge in [0.15, 0.2) is 0 Å². The van der Waals surface area contributed by atoms with Crippen molar-refractivity contribution in [3.8, 4) is 0 Å². The predicted octanol–water partition coefficient (Wildman–Crippen LogP) is 0.556. The van der Waals surface area contributed by atoms with Crippen LogP contribution < -0.4 is 0 Å². The van der Waals surface area contributed by atoms with Gasteiger partial charge in [0, 0.05) is 0 Å². The van der Waals surface area contributed by atoms with Gasteiger partial charge < -0.3 is 9.59 Å². The summed E-state index contributed by atoms with van der Waals surface area (Å²) in [7, 11) is 5.98. The number of carboxylic acid groups (broad SMARTS) is 1. The minimum Gasteiger partial charge on any atom is -0.481 e. The first-order valence-corrected chi connectivity index (χ1v) is 3.37.